The van der Waals surface area contributed by atoms with Gasteiger partial charge in [-0.05, 0) is 80.5 Å². The van der Waals surface area contributed by atoms with Gasteiger partial charge in [0.15, 0.2) is 0 Å². The third-order valence-electron chi connectivity index (χ3n) is 12.8. The predicted molar refractivity (Wildman–Crippen MR) is 204 cm³/mol. The van der Waals surface area contributed by atoms with Crippen LogP contribution in [-0.4, -0.2) is 115 Å². The number of carbonyl (C=O) groups is 4. The predicted octanol–water partition coefficient (Wildman–Crippen LogP) is 4.75. The Kier molecular flexibility index (Phi) is 11.7. The van der Waals surface area contributed by atoms with Crippen LogP contribution >= 0.6 is 0 Å². The minimum atomic E-state index is -1.01. The number of ether oxygens (including phenoxy) is 2. The van der Waals surface area contributed by atoms with Crippen LogP contribution in [0.1, 0.15) is 98.1 Å². The Morgan fingerprint density at radius 2 is 1.72 bits per heavy atom. The Bertz CT molecular complexity index is 1540. The van der Waals surface area contributed by atoms with Crippen LogP contribution in [0.2, 0.25) is 0 Å². The van der Waals surface area contributed by atoms with Gasteiger partial charge in [-0.1, -0.05) is 72.2 Å². The molecule has 3 aliphatic heterocycles. The zero-order chi connectivity index (χ0) is 39.2. The van der Waals surface area contributed by atoms with Crippen molar-refractivity contribution in [2.24, 2.45) is 22.7 Å². The molecule has 2 N–H and O–H groups in total. The van der Waals surface area contributed by atoms with Crippen LogP contribution in [0, 0.1) is 22.7 Å². The first kappa shape index (κ1) is 40.3. The van der Waals surface area contributed by atoms with E-state index in [1.54, 1.807) is 4.90 Å². The molecule has 14 heteroatoms. The third-order valence-corrected chi connectivity index (χ3v) is 12.8. The molecule has 3 heterocycles. The second kappa shape index (κ2) is 15.6. The number of carbonyl (C=O) groups excluding carboxylic acids is 4. The second-order valence-electron chi connectivity index (χ2n) is 18.3. The molecule has 2 saturated heterocycles. The number of benzene rings is 1. The lowest BCUT2D eigenvalue weighted by Crippen LogP contribution is -2.65. The summed E-state index contributed by atoms with van der Waals surface area (Å²) in [4.78, 5) is 60.6. The molecule has 8 atom stereocenters. The summed E-state index contributed by atoms with van der Waals surface area (Å²) < 4.78 is 24.8. The van der Waals surface area contributed by atoms with Gasteiger partial charge >= 0.3 is 19.3 Å². The molecule has 54 heavy (non-hydrogen) atoms. The molecular formula is C40H62BN5O8. The Morgan fingerprint density at radius 3 is 2.33 bits per heavy atom. The van der Waals surface area contributed by atoms with Gasteiger partial charge in [0.1, 0.15) is 18.2 Å². The van der Waals surface area contributed by atoms with Gasteiger partial charge in [0.25, 0.3) is 0 Å². The number of hydrogen-bond donors (Lipinski definition) is 2. The minimum Gasteiger partial charge on any atom is -0.449 e. The number of likely N-dealkylation sites (tertiary alicyclic amines) is 1. The smallest absolute Gasteiger partial charge is 0.449 e. The maximum atomic E-state index is 14.5. The van der Waals surface area contributed by atoms with Gasteiger partial charge in [-0.2, -0.15) is 0 Å². The summed E-state index contributed by atoms with van der Waals surface area (Å²) >= 11 is 0. The zero-order valence-corrected chi connectivity index (χ0v) is 33.8. The van der Waals surface area contributed by atoms with Gasteiger partial charge in [0.2, 0.25) is 11.8 Å². The SMILES string of the molecule is CCC[C@H](NC(=O)[C@@H]1C[C@@H](OC(=O)N2Cc3ccccc3C2)CN1C(=O)[C@@H](NC(=O)OCCCN(C)C)C(C)(C)C)B1O[C@@H]2C[C@H]3C[C@H](C3(C)C)[C@]2(C)O1. The highest BCUT2D eigenvalue weighted by atomic mass is 16.7. The van der Waals surface area contributed by atoms with Crippen molar-refractivity contribution in [2.45, 2.75) is 136 Å². The molecule has 3 saturated carbocycles. The molecule has 0 spiro atoms. The quantitative estimate of drug-likeness (QED) is 0.229. The van der Waals surface area contributed by atoms with Crippen molar-refractivity contribution < 1.29 is 38.0 Å². The van der Waals surface area contributed by atoms with Gasteiger partial charge in [-0.25, -0.2) is 9.59 Å². The lowest BCUT2D eigenvalue weighted by Gasteiger charge is -2.64. The lowest BCUT2D eigenvalue weighted by molar-refractivity contribution is -0.199. The van der Waals surface area contributed by atoms with Gasteiger partial charge in [0, 0.05) is 26.1 Å². The second-order valence-corrected chi connectivity index (χ2v) is 18.3. The van der Waals surface area contributed by atoms with Crippen LogP contribution in [0.4, 0.5) is 9.59 Å². The van der Waals surface area contributed by atoms with Crippen LogP contribution < -0.4 is 10.6 Å². The molecule has 13 nitrogen and oxygen atoms in total. The minimum absolute atomic E-state index is 0.00274. The number of rotatable bonds is 12. The maximum Gasteiger partial charge on any atom is 0.481 e. The number of amides is 4. The van der Waals surface area contributed by atoms with E-state index in [1.807, 2.05) is 64.0 Å². The highest BCUT2D eigenvalue weighted by Crippen LogP contribution is 2.65. The average molecular weight is 752 g/mol. The van der Waals surface area contributed by atoms with Crippen LogP contribution in [0.15, 0.2) is 24.3 Å². The summed E-state index contributed by atoms with van der Waals surface area (Å²) in [5.41, 5.74) is 1.15. The molecule has 6 aliphatic rings. The fraction of sp³-hybridized carbons (Fsp3) is 0.750. The Morgan fingerprint density at radius 1 is 1.04 bits per heavy atom. The largest absolute Gasteiger partial charge is 0.481 e. The summed E-state index contributed by atoms with van der Waals surface area (Å²) in [6.07, 6.45) is 2.24. The van der Waals surface area contributed by atoms with Crippen LogP contribution in [-0.2, 0) is 41.5 Å². The maximum absolute atomic E-state index is 14.5. The van der Waals surface area contributed by atoms with Gasteiger partial charge in [0.05, 0.1) is 30.8 Å². The first-order chi connectivity index (χ1) is 25.4. The highest BCUT2D eigenvalue weighted by Gasteiger charge is 2.68. The van der Waals surface area contributed by atoms with E-state index in [9.17, 15) is 19.2 Å². The van der Waals surface area contributed by atoms with E-state index < -0.39 is 60.4 Å². The molecule has 7 rings (SSSR count). The summed E-state index contributed by atoms with van der Waals surface area (Å²) in [5.74, 6) is -0.291. The molecule has 298 valence electrons. The molecule has 0 unspecified atom stereocenters. The average Bonchev–Trinajstić information content (AvgIpc) is 3.82. The van der Waals surface area contributed by atoms with E-state index in [0.29, 0.717) is 37.8 Å². The van der Waals surface area contributed by atoms with Crippen LogP contribution in [0.3, 0.4) is 0 Å². The van der Waals surface area contributed by atoms with E-state index in [1.165, 1.54) is 4.90 Å². The zero-order valence-electron chi connectivity index (χ0n) is 33.8. The number of nitrogens with zero attached hydrogens (tertiary/aromatic N) is 3. The monoisotopic (exact) mass is 751 g/mol. The van der Waals surface area contributed by atoms with Gasteiger partial charge in [-0.3, -0.25) is 14.5 Å². The van der Waals surface area contributed by atoms with Crippen molar-refractivity contribution in [1.82, 2.24) is 25.3 Å². The van der Waals surface area contributed by atoms with Crippen molar-refractivity contribution in [3.05, 3.63) is 35.4 Å². The van der Waals surface area contributed by atoms with Crippen molar-refractivity contribution in [2.75, 3.05) is 33.8 Å². The van der Waals surface area contributed by atoms with Crippen molar-refractivity contribution in [3.8, 4) is 0 Å². The fourth-order valence-electron chi connectivity index (χ4n) is 9.51. The van der Waals surface area contributed by atoms with Crippen molar-refractivity contribution >= 4 is 31.1 Å². The number of alkyl carbamates (subject to hydrolysis) is 1. The first-order valence-electron chi connectivity index (χ1n) is 20.0. The fourth-order valence-corrected chi connectivity index (χ4v) is 9.51. The summed E-state index contributed by atoms with van der Waals surface area (Å²) in [7, 11) is 3.26. The molecule has 0 aromatic heterocycles. The van der Waals surface area contributed by atoms with Crippen LogP contribution in [0.5, 0.6) is 0 Å². The summed E-state index contributed by atoms with van der Waals surface area (Å²) in [5, 5.41) is 6.01. The Balaban J connectivity index is 1.18. The van der Waals surface area contributed by atoms with Crippen molar-refractivity contribution in [1.29, 1.82) is 0 Å². The van der Waals surface area contributed by atoms with Gasteiger partial charge in [-0.15, -0.1) is 0 Å². The number of hydrogen-bond acceptors (Lipinski definition) is 9. The standard InChI is InChI=1S/C40H62BN5O8/c1-10-14-32(41-53-31-20-27-19-30(39(27,5)6)40(31,7)54-41)42-34(47)29-21-28(52-37(50)45-22-25-15-11-12-16-26(25)23-45)24-46(29)35(48)33(38(2,3)4)43-36(49)51-18-13-17-44(8)9/h11-12,15-16,27-33H,10,13-14,17-24H2,1-9H3,(H,42,47)(H,43,49)/t27-,28-,29+,30-,31-,32+,33-,40+/m1/s1. The molecule has 5 fully saturated rings. The normalized spacial score (nSPS) is 29.2. The molecule has 1 aromatic carbocycles. The summed E-state index contributed by atoms with van der Waals surface area (Å²) in [6.45, 7) is 16.2. The van der Waals surface area contributed by atoms with E-state index in [4.69, 9.17) is 18.8 Å². The van der Waals surface area contributed by atoms with E-state index in [-0.39, 0.29) is 37.0 Å². The Labute approximate surface area is 321 Å². The first-order valence-corrected chi connectivity index (χ1v) is 20.0. The molecule has 4 amide bonds. The summed E-state index contributed by atoms with van der Waals surface area (Å²) in [6, 6.07) is 5.91. The van der Waals surface area contributed by atoms with Crippen molar-refractivity contribution in [3.63, 3.8) is 0 Å². The highest BCUT2D eigenvalue weighted by molar-refractivity contribution is 6.48. The molecular weight excluding hydrogens is 689 g/mol. The van der Waals surface area contributed by atoms with Crippen LogP contribution in [0.25, 0.3) is 0 Å². The number of nitrogens with one attached hydrogen (secondary N) is 2. The Hall–Kier alpha value is -3.36. The van der Waals surface area contributed by atoms with E-state index >= 15 is 0 Å². The molecule has 1 aromatic rings. The topological polar surface area (TPSA) is 139 Å². The number of fused-ring (bicyclic) bond motifs is 1. The third kappa shape index (κ3) is 8.12. The molecule has 0 radical (unpaired) electrons. The van der Waals surface area contributed by atoms with Gasteiger partial charge < -0.3 is 39.2 Å². The van der Waals surface area contributed by atoms with E-state index in [2.05, 4.69) is 38.3 Å². The lowest BCUT2D eigenvalue weighted by atomic mass is 9.43. The molecule has 3 aliphatic carbocycles. The molecule has 2 bridgehead atoms. The van der Waals surface area contributed by atoms with E-state index in [0.717, 1.165) is 36.9 Å².